The fourth-order valence-electron chi connectivity index (χ4n) is 2.36. The summed E-state index contributed by atoms with van der Waals surface area (Å²) >= 11 is 0. The first kappa shape index (κ1) is 12.9. The molecule has 0 aliphatic carbocycles. The van der Waals surface area contributed by atoms with Crippen LogP contribution in [0.15, 0.2) is 24.3 Å². The number of nitrogens with zero attached hydrogens (tertiary/aromatic N) is 1. The Labute approximate surface area is 109 Å². The van der Waals surface area contributed by atoms with E-state index in [0.717, 1.165) is 31.6 Å². The Balaban J connectivity index is 2.05. The molecule has 98 valence electrons. The minimum Gasteiger partial charge on any atom is -0.370 e. The van der Waals surface area contributed by atoms with E-state index in [1.54, 1.807) is 0 Å². The molecule has 1 aromatic carbocycles. The first-order valence-electron chi connectivity index (χ1n) is 6.95. The number of para-hydroxylation sites is 2. The Morgan fingerprint density at radius 2 is 2.00 bits per heavy atom. The quantitative estimate of drug-likeness (QED) is 0.863. The van der Waals surface area contributed by atoms with Gasteiger partial charge in [-0.1, -0.05) is 25.5 Å². The van der Waals surface area contributed by atoms with Crippen LogP contribution in [0.4, 0.5) is 11.4 Å². The fraction of sp³-hybridized carbons (Fsp3) is 0.533. The Kier molecular flexibility index (Phi) is 4.62. The topological polar surface area (TPSA) is 32.3 Å². The van der Waals surface area contributed by atoms with Crippen LogP contribution in [0.3, 0.4) is 0 Å². The van der Waals surface area contributed by atoms with E-state index in [2.05, 4.69) is 23.2 Å². The second-order valence-corrected chi connectivity index (χ2v) is 4.86. The number of carbonyl (C=O) groups excluding carboxylic acids is 1. The van der Waals surface area contributed by atoms with E-state index in [4.69, 9.17) is 0 Å². The molecule has 1 fully saturated rings. The molecular formula is C15H22N2O. The molecule has 0 unspecified atom stereocenters. The van der Waals surface area contributed by atoms with Gasteiger partial charge in [0.15, 0.2) is 0 Å². The second-order valence-electron chi connectivity index (χ2n) is 4.86. The van der Waals surface area contributed by atoms with Crippen LogP contribution in [0, 0.1) is 0 Å². The average molecular weight is 246 g/mol. The number of hydrogen-bond donors (Lipinski definition) is 1. The fourth-order valence-corrected chi connectivity index (χ4v) is 2.36. The maximum atomic E-state index is 11.8. The van der Waals surface area contributed by atoms with Gasteiger partial charge in [0.25, 0.3) is 0 Å². The summed E-state index contributed by atoms with van der Waals surface area (Å²) in [6.07, 6.45) is 5.12. The van der Waals surface area contributed by atoms with Crippen molar-refractivity contribution in [3.63, 3.8) is 0 Å². The Bertz CT molecular complexity index is 397. The summed E-state index contributed by atoms with van der Waals surface area (Å²) in [5.74, 6) is 0.128. The minimum atomic E-state index is 0.128. The standard InChI is InChI=1S/C15H22N2O/c1-2-3-10-15(18)16-13-8-4-5-9-14(13)17-11-6-7-12-17/h4-5,8-9H,2-3,6-7,10-12H2,1H3,(H,16,18). The van der Waals surface area contributed by atoms with Crippen LogP contribution in [0.1, 0.15) is 39.0 Å². The van der Waals surface area contributed by atoms with Crippen molar-refractivity contribution in [1.82, 2.24) is 0 Å². The lowest BCUT2D eigenvalue weighted by Gasteiger charge is -2.21. The van der Waals surface area contributed by atoms with Crippen molar-refractivity contribution >= 4 is 17.3 Å². The molecule has 1 amide bonds. The van der Waals surface area contributed by atoms with E-state index >= 15 is 0 Å². The zero-order valence-electron chi connectivity index (χ0n) is 11.1. The zero-order valence-corrected chi connectivity index (χ0v) is 11.1. The summed E-state index contributed by atoms with van der Waals surface area (Å²) in [4.78, 5) is 14.2. The predicted molar refractivity (Wildman–Crippen MR) is 76.0 cm³/mol. The van der Waals surface area contributed by atoms with Gasteiger partial charge in [-0.2, -0.15) is 0 Å². The molecule has 1 aliphatic heterocycles. The van der Waals surface area contributed by atoms with Crippen LogP contribution in [-0.4, -0.2) is 19.0 Å². The average Bonchev–Trinajstić information content (AvgIpc) is 2.91. The Morgan fingerprint density at radius 1 is 1.28 bits per heavy atom. The van der Waals surface area contributed by atoms with Crippen LogP contribution in [-0.2, 0) is 4.79 Å². The highest BCUT2D eigenvalue weighted by molar-refractivity contribution is 5.94. The monoisotopic (exact) mass is 246 g/mol. The van der Waals surface area contributed by atoms with Crippen LogP contribution < -0.4 is 10.2 Å². The van der Waals surface area contributed by atoms with Gasteiger partial charge in [-0.3, -0.25) is 4.79 Å². The molecule has 0 spiro atoms. The van der Waals surface area contributed by atoms with Crippen molar-refractivity contribution in [2.75, 3.05) is 23.3 Å². The molecule has 3 nitrogen and oxygen atoms in total. The summed E-state index contributed by atoms with van der Waals surface area (Å²) in [7, 11) is 0. The number of rotatable bonds is 5. The van der Waals surface area contributed by atoms with Gasteiger partial charge in [0.05, 0.1) is 11.4 Å². The summed E-state index contributed by atoms with van der Waals surface area (Å²) in [5, 5.41) is 3.04. The molecular weight excluding hydrogens is 224 g/mol. The number of carbonyl (C=O) groups is 1. The van der Waals surface area contributed by atoms with E-state index in [1.807, 2.05) is 18.2 Å². The number of anilines is 2. The lowest BCUT2D eigenvalue weighted by Crippen LogP contribution is -2.20. The number of unbranched alkanes of at least 4 members (excludes halogenated alkanes) is 1. The van der Waals surface area contributed by atoms with Crippen molar-refractivity contribution in [3.05, 3.63) is 24.3 Å². The third-order valence-electron chi connectivity index (χ3n) is 3.38. The van der Waals surface area contributed by atoms with Crippen LogP contribution in [0.25, 0.3) is 0 Å². The van der Waals surface area contributed by atoms with Gasteiger partial charge in [0.2, 0.25) is 5.91 Å². The molecule has 18 heavy (non-hydrogen) atoms. The van der Waals surface area contributed by atoms with Crippen molar-refractivity contribution in [3.8, 4) is 0 Å². The second kappa shape index (κ2) is 6.43. The number of nitrogens with one attached hydrogen (secondary N) is 1. The van der Waals surface area contributed by atoms with Crippen LogP contribution in [0.2, 0.25) is 0 Å². The molecule has 1 saturated heterocycles. The highest BCUT2D eigenvalue weighted by atomic mass is 16.1. The summed E-state index contributed by atoms with van der Waals surface area (Å²) in [6, 6.07) is 8.11. The smallest absolute Gasteiger partial charge is 0.224 e. The molecule has 1 N–H and O–H groups in total. The van der Waals surface area contributed by atoms with Crippen LogP contribution in [0.5, 0.6) is 0 Å². The lowest BCUT2D eigenvalue weighted by molar-refractivity contribution is -0.116. The normalized spacial score (nSPS) is 14.8. The highest BCUT2D eigenvalue weighted by Crippen LogP contribution is 2.28. The van der Waals surface area contributed by atoms with Gasteiger partial charge >= 0.3 is 0 Å². The Morgan fingerprint density at radius 3 is 2.72 bits per heavy atom. The number of benzene rings is 1. The minimum absolute atomic E-state index is 0.128. The van der Waals surface area contributed by atoms with Crippen LogP contribution >= 0.6 is 0 Å². The van der Waals surface area contributed by atoms with E-state index in [1.165, 1.54) is 18.5 Å². The highest BCUT2D eigenvalue weighted by Gasteiger charge is 2.16. The van der Waals surface area contributed by atoms with Gasteiger partial charge in [-0.15, -0.1) is 0 Å². The summed E-state index contributed by atoms with van der Waals surface area (Å²) < 4.78 is 0. The van der Waals surface area contributed by atoms with Crippen molar-refractivity contribution in [1.29, 1.82) is 0 Å². The maximum Gasteiger partial charge on any atom is 0.224 e. The third-order valence-corrected chi connectivity index (χ3v) is 3.38. The van der Waals surface area contributed by atoms with Gasteiger partial charge in [-0.25, -0.2) is 0 Å². The Hall–Kier alpha value is -1.51. The molecule has 0 aromatic heterocycles. The largest absolute Gasteiger partial charge is 0.370 e. The summed E-state index contributed by atoms with van der Waals surface area (Å²) in [6.45, 7) is 4.30. The van der Waals surface area contributed by atoms with E-state index < -0.39 is 0 Å². The molecule has 1 aromatic rings. The van der Waals surface area contributed by atoms with Crippen molar-refractivity contribution in [2.45, 2.75) is 39.0 Å². The number of amides is 1. The molecule has 3 heteroatoms. The molecule has 0 radical (unpaired) electrons. The SMILES string of the molecule is CCCCC(=O)Nc1ccccc1N1CCCC1. The van der Waals surface area contributed by atoms with Crippen molar-refractivity contribution in [2.24, 2.45) is 0 Å². The molecule has 0 bridgehead atoms. The van der Waals surface area contributed by atoms with Gasteiger partial charge in [0, 0.05) is 19.5 Å². The lowest BCUT2D eigenvalue weighted by atomic mass is 10.2. The third kappa shape index (κ3) is 3.25. The van der Waals surface area contributed by atoms with E-state index in [0.29, 0.717) is 6.42 Å². The molecule has 2 rings (SSSR count). The molecule has 0 saturated carbocycles. The summed E-state index contributed by atoms with van der Waals surface area (Å²) in [5.41, 5.74) is 2.13. The van der Waals surface area contributed by atoms with Crippen molar-refractivity contribution < 1.29 is 4.79 Å². The van der Waals surface area contributed by atoms with E-state index in [-0.39, 0.29) is 5.91 Å². The van der Waals surface area contributed by atoms with Gasteiger partial charge in [-0.05, 0) is 31.4 Å². The molecule has 1 heterocycles. The predicted octanol–water partition coefficient (Wildman–Crippen LogP) is 3.42. The van der Waals surface area contributed by atoms with E-state index in [9.17, 15) is 4.79 Å². The maximum absolute atomic E-state index is 11.8. The first-order valence-corrected chi connectivity index (χ1v) is 6.95. The molecule has 1 aliphatic rings. The molecule has 0 atom stereocenters. The first-order chi connectivity index (χ1) is 8.81. The van der Waals surface area contributed by atoms with Gasteiger partial charge in [0.1, 0.15) is 0 Å². The van der Waals surface area contributed by atoms with Gasteiger partial charge < -0.3 is 10.2 Å². The zero-order chi connectivity index (χ0) is 12.8. The number of hydrogen-bond acceptors (Lipinski definition) is 2.